The summed E-state index contributed by atoms with van der Waals surface area (Å²) in [6.45, 7) is 0.686. The standard InChI is InChI=1S/C15H15N5/c1-20-8-14(7-19-10-20)12-2-11(3-15(16)4-12)13-5-17-9-18-6-13/h2-9H,10,16H2,1H3. The average Bonchev–Trinajstić information content (AvgIpc) is 2.47. The largest absolute Gasteiger partial charge is 0.399 e. The van der Waals surface area contributed by atoms with Gasteiger partial charge in [0.25, 0.3) is 0 Å². The Balaban J connectivity index is 2.06. The minimum atomic E-state index is 0.686. The van der Waals surface area contributed by atoms with Gasteiger partial charge in [-0.05, 0) is 29.3 Å². The van der Waals surface area contributed by atoms with E-state index >= 15 is 0 Å². The molecule has 20 heavy (non-hydrogen) atoms. The molecule has 5 nitrogen and oxygen atoms in total. The molecule has 0 saturated carbocycles. The third kappa shape index (κ3) is 2.51. The van der Waals surface area contributed by atoms with Gasteiger partial charge in [-0.2, -0.15) is 0 Å². The van der Waals surface area contributed by atoms with Crippen molar-refractivity contribution in [2.45, 2.75) is 0 Å². The number of nitrogens with two attached hydrogens (primary N) is 1. The van der Waals surface area contributed by atoms with Crippen LogP contribution in [0, 0.1) is 0 Å². The summed E-state index contributed by atoms with van der Waals surface area (Å²) in [6, 6.07) is 5.95. The Labute approximate surface area is 117 Å². The predicted molar refractivity (Wildman–Crippen MR) is 81.0 cm³/mol. The van der Waals surface area contributed by atoms with E-state index in [2.05, 4.69) is 27.2 Å². The quantitative estimate of drug-likeness (QED) is 0.844. The van der Waals surface area contributed by atoms with Crippen molar-refractivity contribution in [3.8, 4) is 11.1 Å². The van der Waals surface area contributed by atoms with E-state index in [1.165, 1.54) is 6.33 Å². The van der Waals surface area contributed by atoms with E-state index in [4.69, 9.17) is 5.73 Å². The number of rotatable bonds is 2. The van der Waals surface area contributed by atoms with Gasteiger partial charge < -0.3 is 10.6 Å². The fraction of sp³-hybridized carbons (Fsp3) is 0.133. The number of anilines is 1. The Morgan fingerprint density at radius 1 is 1.05 bits per heavy atom. The molecule has 0 saturated heterocycles. The number of nitrogens with zero attached hydrogens (tertiary/aromatic N) is 4. The summed E-state index contributed by atoms with van der Waals surface area (Å²) >= 11 is 0. The van der Waals surface area contributed by atoms with Gasteiger partial charge in [0.05, 0.1) is 0 Å². The lowest BCUT2D eigenvalue weighted by Crippen LogP contribution is -2.15. The van der Waals surface area contributed by atoms with Crippen molar-refractivity contribution in [1.82, 2.24) is 14.9 Å². The van der Waals surface area contributed by atoms with Crippen molar-refractivity contribution in [2.24, 2.45) is 4.99 Å². The molecule has 0 aliphatic carbocycles. The molecule has 2 aromatic rings. The SMILES string of the molecule is CN1C=C(c2cc(N)cc(-c3cncnc3)c2)C=NC1. The summed E-state index contributed by atoms with van der Waals surface area (Å²) in [7, 11) is 1.99. The zero-order valence-corrected chi connectivity index (χ0v) is 11.2. The molecule has 0 amide bonds. The van der Waals surface area contributed by atoms with E-state index in [-0.39, 0.29) is 0 Å². The second-order valence-corrected chi connectivity index (χ2v) is 4.77. The van der Waals surface area contributed by atoms with Crippen LogP contribution in [0.3, 0.4) is 0 Å². The van der Waals surface area contributed by atoms with Crippen LogP contribution in [0.5, 0.6) is 0 Å². The van der Waals surface area contributed by atoms with E-state index in [0.717, 1.165) is 22.3 Å². The zero-order valence-electron chi connectivity index (χ0n) is 11.2. The molecule has 0 radical (unpaired) electrons. The topological polar surface area (TPSA) is 67.4 Å². The van der Waals surface area contributed by atoms with Gasteiger partial charge in [0.1, 0.15) is 13.0 Å². The number of hydrogen-bond acceptors (Lipinski definition) is 5. The first-order valence-corrected chi connectivity index (χ1v) is 6.30. The van der Waals surface area contributed by atoms with Crippen molar-refractivity contribution in [2.75, 3.05) is 19.5 Å². The molecule has 0 spiro atoms. The monoisotopic (exact) mass is 265 g/mol. The van der Waals surface area contributed by atoms with Crippen molar-refractivity contribution in [3.63, 3.8) is 0 Å². The fourth-order valence-corrected chi connectivity index (χ4v) is 2.16. The molecule has 0 bridgehead atoms. The summed E-state index contributed by atoms with van der Waals surface area (Å²) in [6.07, 6.45) is 9.01. The van der Waals surface area contributed by atoms with Gasteiger partial charge in [-0.3, -0.25) is 4.99 Å². The first kappa shape index (κ1) is 12.3. The first-order chi connectivity index (χ1) is 9.72. The van der Waals surface area contributed by atoms with Gasteiger partial charge in [0.2, 0.25) is 0 Å². The molecule has 3 rings (SSSR count). The lowest BCUT2D eigenvalue weighted by Gasteiger charge is -2.18. The number of benzene rings is 1. The van der Waals surface area contributed by atoms with Gasteiger partial charge in [-0.1, -0.05) is 0 Å². The van der Waals surface area contributed by atoms with E-state index in [9.17, 15) is 0 Å². The molecule has 0 atom stereocenters. The fourth-order valence-electron chi connectivity index (χ4n) is 2.16. The normalized spacial score (nSPS) is 14.2. The van der Waals surface area contributed by atoms with E-state index in [1.54, 1.807) is 12.4 Å². The average molecular weight is 265 g/mol. The minimum absolute atomic E-state index is 0.686. The maximum atomic E-state index is 6.01. The second-order valence-electron chi connectivity index (χ2n) is 4.77. The number of hydrogen-bond donors (Lipinski definition) is 1. The summed E-state index contributed by atoms with van der Waals surface area (Å²) in [5, 5.41) is 0. The molecule has 0 fully saturated rings. The predicted octanol–water partition coefficient (Wildman–Crippen LogP) is 2.04. The Morgan fingerprint density at radius 3 is 2.55 bits per heavy atom. The smallest absolute Gasteiger partial charge is 0.115 e. The van der Waals surface area contributed by atoms with Crippen LogP contribution in [0.2, 0.25) is 0 Å². The summed E-state index contributed by atoms with van der Waals surface area (Å²) < 4.78 is 0. The van der Waals surface area contributed by atoms with Gasteiger partial charge in [-0.25, -0.2) is 9.97 Å². The van der Waals surface area contributed by atoms with Crippen molar-refractivity contribution < 1.29 is 0 Å². The highest BCUT2D eigenvalue weighted by molar-refractivity contribution is 6.10. The van der Waals surface area contributed by atoms with Crippen LogP contribution in [-0.4, -0.2) is 34.8 Å². The van der Waals surface area contributed by atoms with Crippen LogP contribution >= 0.6 is 0 Å². The summed E-state index contributed by atoms with van der Waals surface area (Å²) in [5.74, 6) is 0. The molecule has 100 valence electrons. The van der Waals surface area contributed by atoms with Crippen LogP contribution in [-0.2, 0) is 0 Å². The molecular weight excluding hydrogens is 250 g/mol. The molecule has 2 N–H and O–H groups in total. The minimum Gasteiger partial charge on any atom is -0.399 e. The molecule has 1 aromatic carbocycles. The summed E-state index contributed by atoms with van der Waals surface area (Å²) in [5.41, 5.74) is 10.8. The highest BCUT2D eigenvalue weighted by Crippen LogP contribution is 2.26. The highest BCUT2D eigenvalue weighted by atomic mass is 15.2. The van der Waals surface area contributed by atoms with Crippen LogP contribution in [0.4, 0.5) is 5.69 Å². The van der Waals surface area contributed by atoms with Crippen LogP contribution < -0.4 is 5.73 Å². The Kier molecular flexibility index (Phi) is 3.16. The van der Waals surface area contributed by atoms with E-state index in [0.29, 0.717) is 12.4 Å². The number of allylic oxidation sites excluding steroid dienone is 1. The van der Waals surface area contributed by atoms with Crippen molar-refractivity contribution >= 4 is 17.5 Å². The molecule has 2 heterocycles. The molecule has 0 unspecified atom stereocenters. The number of nitrogen functional groups attached to an aromatic ring is 1. The maximum Gasteiger partial charge on any atom is 0.115 e. The molecule has 5 heteroatoms. The first-order valence-electron chi connectivity index (χ1n) is 6.30. The third-order valence-electron chi connectivity index (χ3n) is 3.08. The number of aromatic nitrogens is 2. The van der Waals surface area contributed by atoms with Crippen LogP contribution in [0.25, 0.3) is 16.7 Å². The van der Waals surface area contributed by atoms with E-state index < -0.39 is 0 Å². The zero-order chi connectivity index (χ0) is 13.9. The van der Waals surface area contributed by atoms with Crippen LogP contribution in [0.15, 0.2) is 48.1 Å². The second kappa shape index (κ2) is 5.13. The highest BCUT2D eigenvalue weighted by Gasteiger charge is 2.08. The number of aliphatic imine (C=N–C) groups is 1. The molecule has 1 aliphatic rings. The Bertz CT molecular complexity index is 676. The lowest BCUT2D eigenvalue weighted by atomic mass is 10.00. The van der Waals surface area contributed by atoms with Gasteiger partial charge in [-0.15, -0.1) is 0 Å². The molecular formula is C15H15N5. The molecule has 1 aliphatic heterocycles. The lowest BCUT2D eigenvalue weighted by molar-refractivity contribution is 0.472. The van der Waals surface area contributed by atoms with Gasteiger partial charge in [0.15, 0.2) is 0 Å². The maximum absolute atomic E-state index is 6.01. The Morgan fingerprint density at radius 2 is 1.80 bits per heavy atom. The van der Waals surface area contributed by atoms with Crippen molar-refractivity contribution in [3.05, 3.63) is 48.7 Å². The third-order valence-corrected chi connectivity index (χ3v) is 3.08. The van der Waals surface area contributed by atoms with Gasteiger partial charge in [0, 0.05) is 48.7 Å². The van der Waals surface area contributed by atoms with E-state index in [1.807, 2.05) is 30.3 Å². The molecule has 1 aromatic heterocycles. The van der Waals surface area contributed by atoms with Crippen molar-refractivity contribution in [1.29, 1.82) is 0 Å². The van der Waals surface area contributed by atoms with Gasteiger partial charge >= 0.3 is 0 Å². The van der Waals surface area contributed by atoms with Crippen LogP contribution in [0.1, 0.15) is 5.56 Å². The Hall–Kier alpha value is -2.69. The summed E-state index contributed by atoms with van der Waals surface area (Å²) in [4.78, 5) is 14.4.